The van der Waals surface area contributed by atoms with E-state index in [2.05, 4.69) is 11.9 Å². The lowest BCUT2D eigenvalue weighted by molar-refractivity contribution is -0.139. The third-order valence-electron chi connectivity index (χ3n) is 5.65. The molecule has 7 heteroatoms. The Labute approximate surface area is 186 Å². The van der Waals surface area contributed by atoms with Crippen LogP contribution in [0.3, 0.4) is 0 Å². The number of rotatable bonds is 6. The molecule has 2 aliphatic heterocycles. The van der Waals surface area contributed by atoms with Gasteiger partial charge in [0.1, 0.15) is 24.2 Å². The van der Waals surface area contributed by atoms with E-state index in [1.165, 1.54) is 17.0 Å². The van der Waals surface area contributed by atoms with Gasteiger partial charge in [-0.1, -0.05) is 36.9 Å². The lowest BCUT2D eigenvalue weighted by Gasteiger charge is -2.33. The van der Waals surface area contributed by atoms with Crippen LogP contribution in [0.2, 0.25) is 0 Å². The Balaban J connectivity index is 1.59. The second-order valence-electron chi connectivity index (χ2n) is 7.81. The highest BCUT2D eigenvalue weighted by molar-refractivity contribution is 6.00. The number of ketones is 1. The van der Waals surface area contributed by atoms with Gasteiger partial charge in [-0.05, 0) is 47.9 Å². The number of amides is 2. The second-order valence-corrected chi connectivity index (χ2v) is 7.81. The second kappa shape index (κ2) is 9.09. The number of ether oxygens (including phenoxy) is 1. The zero-order chi connectivity index (χ0) is 22.7. The maximum Gasteiger partial charge on any atom is 0.251 e. The molecule has 0 radical (unpaired) electrons. The van der Waals surface area contributed by atoms with Crippen molar-refractivity contribution in [2.24, 2.45) is 0 Å². The number of nitrogens with one attached hydrogen (secondary N) is 1. The molecule has 7 nitrogen and oxygen atoms in total. The lowest BCUT2D eigenvalue weighted by atomic mass is 10.00. The molecule has 0 saturated carbocycles. The van der Waals surface area contributed by atoms with Crippen LogP contribution in [-0.4, -0.2) is 52.8 Å². The van der Waals surface area contributed by atoms with Crippen molar-refractivity contribution in [1.29, 1.82) is 0 Å². The predicted octanol–water partition coefficient (Wildman–Crippen LogP) is 2.46. The minimum Gasteiger partial charge on any atom is -0.508 e. The van der Waals surface area contributed by atoms with Crippen molar-refractivity contribution in [1.82, 2.24) is 10.2 Å². The Hall–Kier alpha value is -3.87. The number of fused-ring (bicyclic) bond motifs is 1. The van der Waals surface area contributed by atoms with Gasteiger partial charge in [0.15, 0.2) is 11.8 Å². The molecule has 2 aromatic carbocycles. The highest BCUT2D eigenvalue weighted by Crippen LogP contribution is 2.26. The summed E-state index contributed by atoms with van der Waals surface area (Å²) in [6.45, 7) is 4.03. The first-order valence-electron chi connectivity index (χ1n) is 10.4. The first-order chi connectivity index (χ1) is 15.5. The molecule has 0 aliphatic carbocycles. The highest BCUT2D eigenvalue weighted by atomic mass is 16.5. The van der Waals surface area contributed by atoms with Crippen molar-refractivity contribution in [2.45, 2.75) is 24.9 Å². The maximum atomic E-state index is 13.5. The summed E-state index contributed by atoms with van der Waals surface area (Å²) in [4.78, 5) is 40.3. The molecule has 32 heavy (non-hydrogen) atoms. The van der Waals surface area contributed by atoms with Crippen LogP contribution in [0.5, 0.6) is 5.75 Å². The molecule has 2 atom stereocenters. The number of phenols is 1. The summed E-state index contributed by atoms with van der Waals surface area (Å²) < 4.78 is 5.43. The van der Waals surface area contributed by atoms with Gasteiger partial charge in [-0.3, -0.25) is 14.4 Å². The van der Waals surface area contributed by atoms with E-state index in [0.717, 1.165) is 11.1 Å². The Morgan fingerprint density at radius 3 is 2.59 bits per heavy atom. The monoisotopic (exact) mass is 432 g/mol. The number of hydrogen-bond donors (Lipinski definition) is 2. The summed E-state index contributed by atoms with van der Waals surface area (Å²) in [6, 6.07) is 11.7. The molecule has 0 spiro atoms. The zero-order valence-electron chi connectivity index (χ0n) is 17.5. The van der Waals surface area contributed by atoms with Gasteiger partial charge < -0.3 is 20.1 Å². The third-order valence-corrected chi connectivity index (χ3v) is 5.65. The van der Waals surface area contributed by atoms with Gasteiger partial charge in [0.05, 0.1) is 0 Å². The van der Waals surface area contributed by atoms with Gasteiger partial charge in [0.2, 0.25) is 5.91 Å². The van der Waals surface area contributed by atoms with E-state index in [4.69, 9.17) is 4.74 Å². The van der Waals surface area contributed by atoms with E-state index >= 15 is 0 Å². The number of aromatic hydroxyl groups is 1. The molecule has 2 aromatic rings. The number of phenolic OH excluding ortho intramolecular Hbond substituents is 1. The van der Waals surface area contributed by atoms with Crippen LogP contribution in [0.25, 0.3) is 6.08 Å². The fourth-order valence-electron chi connectivity index (χ4n) is 3.96. The highest BCUT2D eigenvalue weighted by Gasteiger charge is 2.42. The molecule has 2 heterocycles. The first-order valence-corrected chi connectivity index (χ1v) is 10.4. The van der Waals surface area contributed by atoms with E-state index in [-0.39, 0.29) is 36.4 Å². The van der Waals surface area contributed by atoms with Crippen molar-refractivity contribution in [3.63, 3.8) is 0 Å². The lowest BCUT2D eigenvalue weighted by Crippen LogP contribution is -2.55. The molecule has 2 aliphatic rings. The van der Waals surface area contributed by atoms with E-state index in [1.807, 2.05) is 6.08 Å². The quantitative estimate of drug-likeness (QED) is 0.731. The predicted molar refractivity (Wildman–Crippen MR) is 119 cm³/mol. The molecule has 2 unspecified atom stereocenters. The maximum absolute atomic E-state index is 13.5. The Kier molecular flexibility index (Phi) is 6.07. The summed E-state index contributed by atoms with van der Waals surface area (Å²) in [5, 5.41) is 12.4. The van der Waals surface area contributed by atoms with Crippen molar-refractivity contribution < 1.29 is 24.2 Å². The normalized spacial score (nSPS) is 18.2. The number of Topliss-reactive ketones (excluding diaryl/α,β-unsaturated/α-hetero) is 1. The summed E-state index contributed by atoms with van der Waals surface area (Å²) in [5.74, 6) is -0.283. The Morgan fingerprint density at radius 2 is 1.91 bits per heavy atom. The van der Waals surface area contributed by atoms with Gasteiger partial charge in [-0.15, -0.1) is 0 Å². The summed E-state index contributed by atoms with van der Waals surface area (Å²) in [6.07, 6.45) is 4.32. The summed E-state index contributed by atoms with van der Waals surface area (Å²) >= 11 is 0. The van der Waals surface area contributed by atoms with Crippen LogP contribution in [-0.2, 0) is 20.7 Å². The Morgan fingerprint density at radius 1 is 1.19 bits per heavy atom. The van der Waals surface area contributed by atoms with Crippen LogP contribution in [0, 0.1) is 0 Å². The minimum atomic E-state index is -0.890. The summed E-state index contributed by atoms with van der Waals surface area (Å²) in [5.41, 5.74) is 2.06. The molecule has 2 amide bonds. The van der Waals surface area contributed by atoms with Crippen LogP contribution in [0.4, 0.5) is 0 Å². The number of nitrogens with zero attached hydrogens (tertiary/aromatic N) is 1. The fraction of sp³-hybridized carbons (Fsp3) is 0.240. The van der Waals surface area contributed by atoms with Crippen molar-refractivity contribution in [2.75, 3.05) is 13.2 Å². The smallest absolute Gasteiger partial charge is 0.251 e. The van der Waals surface area contributed by atoms with Gasteiger partial charge >= 0.3 is 0 Å². The van der Waals surface area contributed by atoms with E-state index in [0.29, 0.717) is 24.3 Å². The average Bonchev–Trinajstić information content (AvgIpc) is 3.20. The number of hydrogen-bond acceptors (Lipinski definition) is 5. The molecule has 0 aromatic heterocycles. The SMILES string of the molecule is C=Cc1ccc(C(=O)NC(Cc2ccc(O)cc2)C(=O)N2CCC=C3OCC(=O)C32)cc1. The van der Waals surface area contributed by atoms with Gasteiger partial charge in [-0.25, -0.2) is 0 Å². The molecule has 1 fully saturated rings. The standard InChI is InChI=1S/C25H24N2O5/c1-2-16-5-9-18(10-6-16)24(30)26-20(14-17-7-11-19(28)12-8-17)25(31)27-13-3-4-22-23(27)21(29)15-32-22/h2,4-12,20,23,28H,1,3,13-15H2,(H,26,30). The minimum absolute atomic E-state index is 0.0507. The van der Waals surface area contributed by atoms with Crippen LogP contribution < -0.4 is 5.32 Å². The molecule has 1 saturated heterocycles. The van der Waals surface area contributed by atoms with E-state index < -0.39 is 12.1 Å². The molecular formula is C25H24N2O5. The fourth-order valence-corrected chi connectivity index (χ4v) is 3.96. The van der Waals surface area contributed by atoms with Crippen LogP contribution >= 0.6 is 0 Å². The van der Waals surface area contributed by atoms with Crippen LogP contribution in [0.1, 0.15) is 27.9 Å². The van der Waals surface area contributed by atoms with Crippen molar-refractivity contribution in [3.05, 3.63) is 83.6 Å². The number of carbonyl (C=O) groups excluding carboxylic acids is 3. The molecule has 2 N–H and O–H groups in total. The molecule has 4 rings (SSSR count). The van der Waals surface area contributed by atoms with Gasteiger partial charge in [0.25, 0.3) is 5.91 Å². The zero-order valence-corrected chi connectivity index (χ0v) is 17.5. The summed E-state index contributed by atoms with van der Waals surface area (Å²) in [7, 11) is 0. The van der Waals surface area contributed by atoms with Crippen LogP contribution in [0.15, 0.2) is 66.9 Å². The molecule has 164 valence electrons. The molecular weight excluding hydrogens is 408 g/mol. The van der Waals surface area contributed by atoms with Crippen molar-refractivity contribution >= 4 is 23.7 Å². The van der Waals surface area contributed by atoms with Crippen molar-refractivity contribution in [3.8, 4) is 5.75 Å². The topological polar surface area (TPSA) is 95.9 Å². The average molecular weight is 432 g/mol. The third kappa shape index (κ3) is 4.42. The largest absolute Gasteiger partial charge is 0.508 e. The Bertz CT molecular complexity index is 1070. The molecule has 0 bridgehead atoms. The first kappa shape index (κ1) is 21.4. The number of benzene rings is 2. The van der Waals surface area contributed by atoms with E-state index in [9.17, 15) is 19.5 Å². The van der Waals surface area contributed by atoms with Gasteiger partial charge in [-0.2, -0.15) is 0 Å². The van der Waals surface area contributed by atoms with E-state index in [1.54, 1.807) is 42.5 Å². The number of carbonyl (C=O) groups is 3. The van der Waals surface area contributed by atoms with Gasteiger partial charge in [0, 0.05) is 18.5 Å².